The van der Waals surface area contributed by atoms with Crippen LogP contribution in [0.5, 0.6) is 0 Å². The van der Waals surface area contributed by atoms with Gasteiger partial charge >= 0.3 is 20.4 Å². The van der Waals surface area contributed by atoms with E-state index in [1.807, 2.05) is 0 Å². The van der Waals surface area contributed by atoms with Crippen molar-refractivity contribution in [3.63, 3.8) is 0 Å². The average molecular weight is 163 g/mol. The molecule has 1 saturated carbocycles. The van der Waals surface area contributed by atoms with Gasteiger partial charge in [0.1, 0.15) is 0 Å². The summed E-state index contributed by atoms with van der Waals surface area (Å²) in [5, 5.41) is 0. The number of hydrogen-bond acceptors (Lipinski definition) is 0. The maximum absolute atomic E-state index is 2.25. The van der Waals surface area contributed by atoms with E-state index >= 15 is 0 Å². The Labute approximate surface area is 47.6 Å². The average Bonchev–Trinajstić information content (AvgIpc) is 1.46. The molecule has 0 spiro atoms. The maximum Gasteiger partial charge on any atom is 2.00 e. The molecule has 0 unspecified atom stereocenters. The van der Waals surface area contributed by atoms with Gasteiger partial charge in [0.2, 0.25) is 0 Å². The van der Waals surface area contributed by atoms with E-state index in [1.54, 1.807) is 0 Å². The van der Waals surface area contributed by atoms with Gasteiger partial charge in [-0.2, -0.15) is 0 Å². The molecule has 0 aromatic heterocycles. The van der Waals surface area contributed by atoms with Crippen molar-refractivity contribution < 1.29 is 20.4 Å². The Hall–Kier alpha value is 0.662. The van der Waals surface area contributed by atoms with Crippen molar-refractivity contribution in [3.8, 4) is 0 Å². The van der Waals surface area contributed by atoms with E-state index in [4.69, 9.17) is 0 Å². The molecule has 0 aromatic carbocycles. The maximum atomic E-state index is 2.25. The van der Waals surface area contributed by atoms with Gasteiger partial charge in [-0.15, -0.1) is 0 Å². The Morgan fingerprint density at radius 2 is 1.40 bits per heavy atom. The van der Waals surface area contributed by atoms with Crippen molar-refractivity contribution in [2.75, 3.05) is 0 Å². The summed E-state index contributed by atoms with van der Waals surface area (Å²) in [6.07, 6.45) is 5.00. The third kappa shape index (κ3) is 12.0. The quantitative estimate of drug-likeness (QED) is 0.374. The molecule has 1 rings (SSSR count). The van der Waals surface area contributed by atoms with Gasteiger partial charge in [0, 0.05) is 0 Å². The zero-order valence-electron chi connectivity index (χ0n) is 3.31. The van der Waals surface area contributed by atoms with Crippen molar-refractivity contribution in [3.05, 3.63) is 13.8 Å². The summed E-state index contributed by atoms with van der Waals surface area (Å²) < 4.78 is 0. The summed E-state index contributed by atoms with van der Waals surface area (Å²) in [4.78, 5) is 0. The van der Waals surface area contributed by atoms with Crippen LogP contribution in [0.3, 0.4) is 0 Å². The Morgan fingerprint density at radius 3 is 1.40 bits per heavy atom. The monoisotopic (exact) mass is 162 g/mol. The second-order valence-corrected chi connectivity index (χ2v) is 0.866. The van der Waals surface area contributed by atoms with Crippen molar-refractivity contribution in [1.29, 1.82) is 0 Å². The summed E-state index contributed by atoms with van der Waals surface area (Å²) in [6.45, 7) is 0. The first kappa shape index (κ1) is 9.18. The van der Waals surface area contributed by atoms with Crippen LogP contribution in [-0.2, 0) is 20.4 Å². The zero-order valence-corrected chi connectivity index (χ0v) is 4.86. The molecule has 0 atom stereocenters. The molecule has 0 aromatic rings. The summed E-state index contributed by atoms with van der Waals surface area (Å²) >= 11 is 0. The fraction of sp³-hybridized carbons (Fsp3) is 0.500. The molecule has 0 bridgehead atoms. The summed E-state index contributed by atoms with van der Waals surface area (Å²) in [5.41, 5.74) is 0. The molecular formula is C4H8Pd. The third-order valence-corrected chi connectivity index (χ3v) is 0.289. The summed E-state index contributed by atoms with van der Waals surface area (Å²) in [7, 11) is 0. The number of hydrogen-bond donors (Lipinski definition) is 0. The van der Waals surface area contributed by atoms with E-state index in [9.17, 15) is 0 Å². The third-order valence-electron chi connectivity index (χ3n) is 0.289. The Balaban J connectivity index is 0. The summed E-state index contributed by atoms with van der Waals surface area (Å²) in [6, 6.07) is 0. The van der Waals surface area contributed by atoms with Crippen LogP contribution in [0.15, 0.2) is 0 Å². The molecule has 0 saturated heterocycles. The molecule has 0 heterocycles. The minimum atomic E-state index is 0. The molecule has 5 heavy (non-hydrogen) atoms. The Bertz CT molecular complexity index is 8.36. The van der Waals surface area contributed by atoms with E-state index in [2.05, 4.69) is 6.42 Å². The first-order valence-electron chi connectivity index (χ1n) is 1.32. The smallest absolute Gasteiger partial charge is 0.358 e. The van der Waals surface area contributed by atoms with Crippen molar-refractivity contribution >= 4 is 0 Å². The van der Waals surface area contributed by atoms with Crippen LogP contribution in [0.1, 0.15) is 12.8 Å². The van der Waals surface area contributed by atoms with E-state index in [0.717, 1.165) is 0 Å². The van der Waals surface area contributed by atoms with Crippen LogP contribution in [0.25, 0.3) is 0 Å². The first-order chi connectivity index (χ1) is 1.50. The van der Waals surface area contributed by atoms with Crippen LogP contribution in [0.4, 0.5) is 0 Å². The molecule has 1 fully saturated rings. The van der Waals surface area contributed by atoms with Gasteiger partial charge in [0.05, 0.1) is 0 Å². The normalized spacial score (nSPS) is 14.4. The Morgan fingerprint density at radius 1 is 1.20 bits per heavy atom. The molecule has 1 aliphatic carbocycles. The standard InChI is InChI=1S/C3H5.CH3.Pd/c1-2-3-1;;/h1H,2-3H2;1H3;/q2*-1;+2. The van der Waals surface area contributed by atoms with E-state index in [1.165, 1.54) is 12.8 Å². The van der Waals surface area contributed by atoms with E-state index in [0.29, 0.717) is 0 Å². The van der Waals surface area contributed by atoms with Crippen LogP contribution >= 0.6 is 0 Å². The van der Waals surface area contributed by atoms with E-state index < -0.39 is 0 Å². The number of rotatable bonds is 0. The molecular weight excluding hydrogens is 154 g/mol. The Kier molecular flexibility index (Phi) is 8.56. The van der Waals surface area contributed by atoms with Gasteiger partial charge in [-0.3, -0.25) is 0 Å². The van der Waals surface area contributed by atoms with Crippen LogP contribution in [0, 0.1) is 13.8 Å². The molecule has 34 valence electrons. The van der Waals surface area contributed by atoms with Gasteiger partial charge < -0.3 is 13.8 Å². The largest absolute Gasteiger partial charge is 2.00 e. The van der Waals surface area contributed by atoms with E-state index in [-0.39, 0.29) is 27.8 Å². The molecule has 0 nitrogen and oxygen atoms in total. The van der Waals surface area contributed by atoms with Crippen molar-refractivity contribution in [2.24, 2.45) is 0 Å². The molecule has 1 aliphatic rings. The zero-order chi connectivity index (χ0) is 2.12. The molecule has 1 heteroatoms. The van der Waals surface area contributed by atoms with Crippen LogP contribution < -0.4 is 0 Å². The minimum absolute atomic E-state index is 0. The first-order valence-corrected chi connectivity index (χ1v) is 1.32. The van der Waals surface area contributed by atoms with Gasteiger partial charge in [0.25, 0.3) is 0 Å². The molecule has 0 radical (unpaired) electrons. The van der Waals surface area contributed by atoms with Gasteiger partial charge in [-0.1, -0.05) is 0 Å². The predicted molar refractivity (Wildman–Crippen MR) is 19.9 cm³/mol. The minimum Gasteiger partial charge on any atom is -0.358 e. The van der Waals surface area contributed by atoms with Gasteiger partial charge in [0.15, 0.2) is 0 Å². The van der Waals surface area contributed by atoms with Crippen LogP contribution in [0.2, 0.25) is 0 Å². The predicted octanol–water partition coefficient (Wildman–Crippen LogP) is 1.43. The van der Waals surface area contributed by atoms with Gasteiger partial charge in [-0.25, -0.2) is 12.8 Å². The van der Waals surface area contributed by atoms with Crippen molar-refractivity contribution in [2.45, 2.75) is 12.8 Å². The van der Waals surface area contributed by atoms with Crippen LogP contribution in [-0.4, -0.2) is 0 Å². The fourth-order valence-electron chi connectivity index (χ4n) is 0. The fourth-order valence-corrected chi connectivity index (χ4v) is 0. The molecule has 0 N–H and O–H groups in total. The summed E-state index contributed by atoms with van der Waals surface area (Å²) in [5.74, 6) is 0. The second kappa shape index (κ2) is 4.66. The topological polar surface area (TPSA) is 0 Å². The van der Waals surface area contributed by atoms with Gasteiger partial charge in [-0.05, 0) is 0 Å². The SMILES string of the molecule is [CH-]1CC1.[CH3-].[Pd+2]. The second-order valence-electron chi connectivity index (χ2n) is 0.866. The molecule has 0 aliphatic heterocycles. The van der Waals surface area contributed by atoms with Crippen molar-refractivity contribution in [1.82, 2.24) is 0 Å². The molecule has 0 amide bonds.